The molecule has 0 bridgehead atoms. The van der Waals surface area contributed by atoms with E-state index >= 15 is 0 Å². The van der Waals surface area contributed by atoms with Crippen LogP contribution < -0.4 is 27.8 Å². The molecule has 1 aromatic rings. The Morgan fingerprint density at radius 2 is 2.14 bits per heavy atom. The van der Waals surface area contributed by atoms with Crippen molar-refractivity contribution in [2.24, 2.45) is 10.8 Å². The number of amides is 2. The van der Waals surface area contributed by atoms with Gasteiger partial charge in [-0.3, -0.25) is 19.9 Å². The van der Waals surface area contributed by atoms with Gasteiger partial charge in [0.05, 0.1) is 10.5 Å². The van der Waals surface area contributed by atoms with Crippen molar-refractivity contribution in [3.05, 3.63) is 26.0 Å². The first kappa shape index (κ1) is 16.9. The number of carbonyl (C=O) groups excluding carboxylic acids is 1. The number of nitrogens with zero attached hydrogens (tertiary/aromatic N) is 3. The lowest BCUT2D eigenvalue weighted by atomic mass is 10.1. The first-order chi connectivity index (χ1) is 10.1. The maximum atomic E-state index is 11.6. The molecular weight excluding hydrogens is 296 g/mol. The summed E-state index contributed by atoms with van der Waals surface area (Å²) in [6.07, 6.45) is 0. The van der Waals surface area contributed by atoms with Crippen molar-refractivity contribution in [1.82, 2.24) is 15.4 Å². The van der Waals surface area contributed by atoms with Gasteiger partial charge in [0.25, 0.3) is 5.56 Å². The molecule has 0 aliphatic heterocycles. The Morgan fingerprint density at radius 1 is 1.55 bits per heavy atom. The van der Waals surface area contributed by atoms with E-state index in [1.165, 1.54) is 20.8 Å². The van der Waals surface area contributed by atoms with Crippen molar-refractivity contribution in [1.29, 1.82) is 0 Å². The number of nitrogens with two attached hydrogens (primary N) is 2. The average Bonchev–Trinajstić information content (AvgIpc) is 2.40. The maximum absolute atomic E-state index is 11.6. The van der Waals surface area contributed by atoms with Crippen molar-refractivity contribution < 1.29 is 9.72 Å². The minimum Gasteiger partial charge on any atom is -0.369 e. The number of anilines is 2. The zero-order valence-corrected chi connectivity index (χ0v) is 12.1. The predicted molar refractivity (Wildman–Crippen MR) is 78.9 cm³/mol. The van der Waals surface area contributed by atoms with Crippen LogP contribution >= 0.6 is 0 Å². The molecule has 120 valence electrons. The molecule has 2 amide bonds. The first-order valence-corrected chi connectivity index (χ1v) is 5.97. The van der Waals surface area contributed by atoms with E-state index in [2.05, 4.69) is 20.4 Å². The van der Waals surface area contributed by atoms with Crippen LogP contribution in [0, 0.1) is 17.0 Å². The van der Waals surface area contributed by atoms with Gasteiger partial charge < -0.3 is 16.8 Å². The quantitative estimate of drug-likeness (QED) is 0.201. The third kappa shape index (κ3) is 3.47. The molecule has 0 aromatic carbocycles. The van der Waals surface area contributed by atoms with Gasteiger partial charge in [-0.15, -0.1) is 0 Å². The normalized spacial score (nSPS) is 14.0. The van der Waals surface area contributed by atoms with Crippen molar-refractivity contribution in [3.8, 4) is 0 Å². The second-order valence-corrected chi connectivity index (χ2v) is 4.55. The summed E-state index contributed by atoms with van der Waals surface area (Å²) < 4.78 is 0. The molecule has 0 aliphatic rings. The van der Waals surface area contributed by atoms with Crippen LogP contribution in [-0.4, -0.2) is 32.3 Å². The fourth-order valence-corrected chi connectivity index (χ4v) is 1.42. The summed E-state index contributed by atoms with van der Waals surface area (Å²) in [4.78, 5) is 39.0. The summed E-state index contributed by atoms with van der Waals surface area (Å²) in [6, 6.07) is -0.972. The first-order valence-electron chi connectivity index (χ1n) is 5.97. The molecule has 7 N–H and O–H groups in total. The summed E-state index contributed by atoms with van der Waals surface area (Å²) >= 11 is 0. The Morgan fingerprint density at radius 3 is 2.64 bits per heavy atom. The molecule has 1 atom stereocenters. The van der Waals surface area contributed by atoms with Gasteiger partial charge in [-0.25, -0.2) is 10.2 Å². The lowest BCUT2D eigenvalue weighted by Crippen LogP contribution is -2.51. The zero-order valence-electron chi connectivity index (χ0n) is 12.1. The fraction of sp³-hybridized carbons (Fsp3) is 0.400. The van der Waals surface area contributed by atoms with Crippen LogP contribution in [0.2, 0.25) is 0 Å². The van der Waals surface area contributed by atoms with Gasteiger partial charge >= 0.3 is 11.7 Å². The molecular formula is C10H16N8O4. The summed E-state index contributed by atoms with van der Waals surface area (Å²) in [7, 11) is 0. The van der Waals surface area contributed by atoms with Gasteiger partial charge in [-0.1, -0.05) is 0 Å². The van der Waals surface area contributed by atoms with E-state index in [-0.39, 0.29) is 23.0 Å². The number of urea groups is 1. The van der Waals surface area contributed by atoms with Gasteiger partial charge in [0.2, 0.25) is 5.95 Å². The second kappa shape index (κ2) is 6.07. The summed E-state index contributed by atoms with van der Waals surface area (Å²) in [5.74, 6) is -0.275. The molecule has 0 radical (unpaired) electrons. The van der Waals surface area contributed by atoms with Crippen LogP contribution in [0.5, 0.6) is 0 Å². The number of nitrogen functional groups attached to an aromatic ring is 1. The highest BCUT2D eigenvalue weighted by atomic mass is 16.6. The number of nitrogens with one attached hydrogen (secondary N) is 3. The highest BCUT2D eigenvalue weighted by molar-refractivity contribution is 5.92. The molecule has 0 saturated carbocycles. The molecule has 1 heterocycles. The zero-order chi connectivity index (χ0) is 17.1. The van der Waals surface area contributed by atoms with E-state index in [0.29, 0.717) is 0 Å². The van der Waals surface area contributed by atoms with Gasteiger partial charge in [-0.05, 0) is 13.8 Å². The Kier molecular flexibility index (Phi) is 4.66. The monoisotopic (exact) mass is 312 g/mol. The summed E-state index contributed by atoms with van der Waals surface area (Å²) in [5.41, 5.74) is 9.68. The minimum atomic E-state index is -1.94. The predicted octanol–water partition coefficient (Wildman–Crippen LogP) is -0.890. The topological polar surface area (TPSA) is 194 Å². The van der Waals surface area contributed by atoms with Crippen LogP contribution in [0.4, 0.5) is 16.6 Å². The van der Waals surface area contributed by atoms with Gasteiger partial charge in [0.15, 0.2) is 0 Å². The number of hydrogen-bond acceptors (Lipinski definition) is 8. The van der Waals surface area contributed by atoms with Crippen LogP contribution in [-0.2, 0) is 0 Å². The Labute approximate surface area is 124 Å². The Balaban J connectivity index is 3.28. The van der Waals surface area contributed by atoms with Gasteiger partial charge in [0.1, 0.15) is 11.5 Å². The highest BCUT2D eigenvalue weighted by Gasteiger charge is 2.42. The minimum absolute atomic E-state index is 0.0749. The van der Waals surface area contributed by atoms with Gasteiger partial charge in [-0.2, -0.15) is 10.1 Å². The Bertz CT molecular complexity index is 697. The van der Waals surface area contributed by atoms with Crippen molar-refractivity contribution >= 4 is 23.5 Å². The third-order valence-electron chi connectivity index (χ3n) is 2.93. The number of hydrogen-bond donors (Lipinski definition) is 5. The van der Waals surface area contributed by atoms with E-state index in [1.54, 1.807) is 0 Å². The largest absolute Gasteiger partial charge is 0.369 e. The highest BCUT2D eigenvalue weighted by Crippen LogP contribution is 2.18. The number of carbonyl (C=O) groups is 1. The maximum Gasteiger partial charge on any atom is 0.332 e. The lowest BCUT2D eigenvalue weighted by Gasteiger charge is -2.23. The van der Waals surface area contributed by atoms with E-state index in [9.17, 15) is 19.7 Å². The number of primary amides is 1. The average molecular weight is 312 g/mol. The van der Waals surface area contributed by atoms with Crippen LogP contribution in [0.25, 0.3) is 0 Å². The molecule has 0 saturated heterocycles. The number of rotatable bonds is 5. The van der Waals surface area contributed by atoms with Gasteiger partial charge in [0, 0.05) is 6.92 Å². The summed E-state index contributed by atoms with van der Waals surface area (Å²) in [6.45, 7) is 3.91. The van der Waals surface area contributed by atoms with Crippen LogP contribution in [0.3, 0.4) is 0 Å². The standard InChI is InChI=1S/C10H16N8O4/c1-4-6(13-8(11)14-7(4)19)15-10(3,18(21)22)5(2)16-17-9(12)20/h1-3H3,(H3,12,17,20)(H4,11,13,14,15,19)/b16-5-. The molecule has 1 aromatic heterocycles. The van der Waals surface area contributed by atoms with Crippen molar-refractivity contribution in [3.63, 3.8) is 0 Å². The van der Waals surface area contributed by atoms with E-state index < -0.39 is 22.2 Å². The molecule has 12 heteroatoms. The molecule has 1 unspecified atom stereocenters. The third-order valence-corrected chi connectivity index (χ3v) is 2.93. The molecule has 0 fully saturated rings. The van der Waals surface area contributed by atoms with E-state index in [1.807, 2.05) is 5.43 Å². The van der Waals surface area contributed by atoms with E-state index in [4.69, 9.17) is 11.5 Å². The fourth-order valence-electron chi connectivity index (χ4n) is 1.42. The second-order valence-electron chi connectivity index (χ2n) is 4.55. The van der Waals surface area contributed by atoms with Crippen LogP contribution in [0.1, 0.15) is 19.4 Å². The van der Waals surface area contributed by atoms with Crippen LogP contribution in [0.15, 0.2) is 9.90 Å². The number of aromatic nitrogens is 2. The molecule has 22 heavy (non-hydrogen) atoms. The molecule has 12 nitrogen and oxygen atoms in total. The molecule has 0 spiro atoms. The number of aromatic amines is 1. The Hall–Kier alpha value is -3.18. The molecule has 1 rings (SSSR count). The molecule has 0 aliphatic carbocycles. The smallest absolute Gasteiger partial charge is 0.332 e. The number of hydrazone groups is 1. The van der Waals surface area contributed by atoms with Crippen molar-refractivity contribution in [2.75, 3.05) is 11.1 Å². The number of nitro groups is 1. The lowest BCUT2D eigenvalue weighted by molar-refractivity contribution is -0.534. The summed E-state index contributed by atoms with van der Waals surface area (Å²) in [5, 5.41) is 17.4. The SMILES string of the molecule is C/C(=N/NC(N)=O)C(C)(Nc1nc(N)[nH]c(=O)c1C)[N+](=O)[O-]. The van der Waals surface area contributed by atoms with E-state index in [0.717, 1.165) is 0 Å². The number of H-pyrrole nitrogens is 1. The van der Waals surface area contributed by atoms with Crippen molar-refractivity contribution in [2.45, 2.75) is 26.4 Å².